The van der Waals surface area contributed by atoms with E-state index in [-0.39, 0.29) is 6.03 Å². The van der Waals surface area contributed by atoms with Gasteiger partial charge in [-0.05, 0) is 44.7 Å². The van der Waals surface area contributed by atoms with Crippen LogP contribution < -0.4 is 15.5 Å². The van der Waals surface area contributed by atoms with Crippen molar-refractivity contribution in [2.24, 2.45) is 0 Å². The van der Waals surface area contributed by atoms with Crippen LogP contribution in [-0.4, -0.2) is 53.9 Å². The fourth-order valence-corrected chi connectivity index (χ4v) is 2.94. The van der Waals surface area contributed by atoms with E-state index >= 15 is 0 Å². The van der Waals surface area contributed by atoms with Gasteiger partial charge in [0, 0.05) is 50.3 Å². The second-order valence-corrected chi connectivity index (χ2v) is 6.45. The Bertz CT molecular complexity index is 733. The Labute approximate surface area is 148 Å². The third kappa shape index (κ3) is 4.30. The lowest BCUT2D eigenvalue weighted by Gasteiger charge is -2.34. The van der Waals surface area contributed by atoms with Crippen molar-refractivity contribution in [2.75, 3.05) is 48.8 Å². The number of piperazine rings is 1. The molecular weight excluding hydrogens is 316 g/mol. The van der Waals surface area contributed by atoms with Crippen LogP contribution in [0.25, 0.3) is 0 Å². The van der Waals surface area contributed by atoms with Crippen LogP contribution in [0.5, 0.6) is 0 Å². The Morgan fingerprint density at radius 3 is 2.60 bits per heavy atom. The minimum atomic E-state index is -0.258. The molecule has 1 saturated heterocycles. The maximum absolute atomic E-state index is 12.2. The summed E-state index contributed by atoms with van der Waals surface area (Å²) in [6.07, 6.45) is 3.45. The number of rotatable bonds is 4. The molecule has 0 radical (unpaired) electrons. The monoisotopic (exact) mass is 342 g/mol. The van der Waals surface area contributed by atoms with E-state index in [0.717, 1.165) is 44.0 Å². The molecule has 7 heteroatoms. The predicted octanol–water partition coefficient (Wildman–Crippen LogP) is 2.61. The van der Waals surface area contributed by atoms with Crippen LogP contribution in [0.1, 0.15) is 12.5 Å². The van der Waals surface area contributed by atoms with Crippen LogP contribution >= 0.6 is 0 Å². The lowest BCUT2D eigenvalue weighted by Crippen LogP contribution is -2.44. The van der Waals surface area contributed by atoms with Gasteiger partial charge in [-0.15, -0.1) is 0 Å². The second kappa shape index (κ2) is 7.57. The zero-order valence-electron chi connectivity index (χ0n) is 15.1. The standard InChI is InChI=1S/C18H26N6O/c1-4-24-13-15(12-19-24)20-18(25)21-17-6-5-16(11-14(17)2)23-9-7-22(3)8-10-23/h5-6,11-13H,4,7-10H2,1-3H3,(H2,20,21,25). The zero-order chi connectivity index (χ0) is 17.8. The number of aryl methyl sites for hydroxylation is 2. The molecule has 0 saturated carbocycles. The summed E-state index contributed by atoms with van der Waals surface area (Å²) in [6.45, 7) is 9.01. The molecule has 3 rings (SSSR count). The molecule has 7 nitrogen and oxygen atoms in total. The molecule has 2 heterocycles. The van der Waals surface area contributed by atoms with Gasteiger partial charge in [-0.25, -0.2) is 4.79 Å². The van der Waals surface area contributed by atoms with Gasteiger partial charge < -0.3 is 20.4 Å². The van der Waals surface area contributed by atoms with Crippen LogP contribution in [0.15, 0.2) is 30.6 Å². The fourth-order valence-electron chi connectivity index (χ4n) is 2.94. The van der Waals surface area contributed by atoms with Gasteiger partial charge in [0.1, 0.15) is 0 Å². The van der Waals surface area contributed by atoms with Crippen molar-refractivity contribution in [1.29, 1.82) is 0 Å². The van der Waals surface area contributed by atoms with Crippen molar-refractivity contribution in [2.45, 2.75) is 20.4 Å². The summed E-state index contributed by atoms with van der Waals surface area (Å²) < 4.78 is 1.77. The molecule has 1 fully saturated rings. The van der Waals surface area contributed by atoms with Gasteiger partial charge in [-0.2, -0.15) is 5.10 Å². The number of nitrogens with one attached hydrogen (secondary N) is 2. The summed E-state index contributed by atoms with van der Waals surface area (Å²) in [5.74, 6) is 0. The average Bonchev–Trinajstić information content (AvgIpc) is 3.05. The fraction of sp³-hybridized carbons (Fsp3) is 0.444. The first kappa shape index (κ1) is 17.3. The molecule has 1 aliphatic heterocycles. The first-order chi connectivity index (χ1) is 12.0. The number of carbonyl (C=O) groups is 1. The van der Waals surface area contributed by atoms with E-state index in [4.69, 9.17) is 0 Å². The molecule has 0 atom stereocenters. The van der Waals surface area contributed by atoms with Gasteiger partial charge >= 0.3 is 6.03 Å². The van der Waals surface area contributed by atoms with E-state index in [1.807, 2.05) is 26.1 Å². The Balaban J connectivity index is 1.61. The minimum Gasteiger partial charge on any atom is -0.369 e. The number of nitrogens with zero attached hydrogens (tertiary/aromatic N) is 4. The Morgan fingerprint density at radius 1 is 1.20 bits per heavy atom. The normalized spacial score (nSPS) is 15.2. The third-order valence-corrected chi connectivity index (χ3v) is 4.54. The molecule has 1 aromatic carbocycles. The predicted molar refractivity (Wildman–Crippen MR) is 101 cm³/mol. The summed E-state index contributed by atoms with van der Waals surface area (Å²) in [4.78, 5) is 16.9. The summed E-state index contributed by atoms with van der Waals surface area (Å²) in [5, 5.41) is 9.86. The summed E-state index contributed by atoms with van der Waals surface area (Å²) in [7, 11) is 2.15. The van der Waals surface area contributed by atoms with Crippen molar-refractivity contribution < 1.29 is 4.79 Å². The van der Waals surface area contributed by atoms with Crippen molar-refractivity contribution in [3.05, 3.63) is 36.2 Å². The Hall–Kier alpha value is -2.54. The molecule has 0 spiro atoms. The molecule has 25 heavy (non-hydrogen) atoms. The molecule has 0 aliphatic carbocycles. The van der Waals surface area contributed by atoms with E-state index in [2.05, 4.69) is 44.7 Å². The molecule has 0 unspecified atom stereocenters. The maximum atomic E-state index is 12.2. The van der Waals surface area contributed by atoms with E-state index in [9.17, 15) is 4.79 Å². The number of hydrogen-bond donors (Lipinski definition) is 2. The van der Waals surface area contributed by atoms with Crippen molar-refractivity contribution in [3.8, 4) is 0 Å². The van der Waals surface area contributed by atoms with Gasteiger partial charge in [0.15, 0.2) is 0 Å². The maximum Gasteiger partial charge on any atom is 0.323 e. The highest BCUT2D eigenvalue weighted by atomic mass is 16.2. The van der Waals surface area contributed by atoms with Gasteiger partial charge in [0.05, 0.1) is 11.9 Å². The number of carbonyl (C=O) groups excluding carboxylic acids is 1. The molecule has 2 N–H and O–H groups in total. The largest absolute Gasteiger partial charge is 0.369 e. The average molecular weight is 342 g/mol. The van der Waals surface area contributed by atoms with Gasteiger partial charge in [0.2, 0.25) is 0 Å². The quantitative estimate of drug-likeness (QED) is 0.896. The number of urea groups is 1. The van der Waals surface area contributed by atoms with Crippen molar-refractivity contribution in [3.63, 3.8) is 0 Å². The molecule has 0 bridgehead atoms. The second-order valence-electron chi connectivity index (χ2n) is 6.45. The number of benzene rings is 1. The van der Waals surface area contributed by atoms with Crippen molar-refractivity contribution >= 4 is 23.1 Å². The highest BCUT2D eigenvalue weighted by Crippen LogP contribution is 2.23. The highest BCUT2D eigenvalue weighted by Gasteiger charge is 2.15. The van der Waals surface area contributed by atoms with Crippen LogP contribution in [0.3, 0.4) is 0 Å². The number of hydrogen-bond acceptors (Lipinski definition) is 4. The number of likely N-dealkylation sites (N-methyl/N-ethyl adjacent to an activating group) is 1. The van der Waals surface area contributed by atoms with E-state index in [1.54, 1.807) is 10.9 Å². The zero-order valence-corrected chi connectivity index (χ0v) is 15.1. The van der Waals surface area contributed by atoms with Crippen molar-refractivity contribution in [1.82, 2.24) is 14.7 Å². The lowest BCUT2D eigenvalue weighted by atomic mass is 10.1. The van der Waals surface area contributed by atoms with E-state index < -0.39 is 0 Å². The topological polar surface area (TPSA) is 65.4 Å². The first-order valence-electron chi connectivity index (χ1n) is 8.69. The Morgan fingerprint density at radius 2 is 1.96 bits per heavy atom. The molecule has 1 aliphatic rings. The van der Waals surface area contributed by atoms with Gasteiger partial charge in [0.25, 0.3) is 0 Å². The lowest BCUT2D eigenvalue weighted by molar-refractivity contribution is 0.262. The smallest absolute Gasteiger partial charge is 0.323 e. The van der Waals surface area contributed by atoms with Crippen LogP contribution in [0.2, 0.25) is 0 Å². The molecule has 2 amide bonds. The van der Waals surface area contributed by atoms with Crippen LogP contribution in [0.4, 0.5) is 21.9 Å². The highest BCUT2D eigenvalue weighted by molar-refractivity contribution is 6.00. The number of aromatic nitrogens is 2. The molecule has 134 valence electrons. The van der Waals surface area contributed by atoms with Crippen LogP contribution in [0, 0.1) is 6.92 Å². The van der Waals surface area contributed by atoms with Gasteiger partial charge in [-0.1, -0.05) is 0 Å². The summed E-state index contributed by atoms with van der Waals surface area (Å²) in [6, 6.07) is 5.92. The summed E-state index contributed by atoms with van der Waals surface area (Å²) >= 11 is 0. The van der Waals surface area contributed by atoms with Crippen LogP contribution in [-0.2, 0) is 6.54 Å². The third-order valence-electron chi connectivity index (χ3n) is 4.54. The summed E-state index contributed by atoms with van der Waals surface area (Å²) in [5.41, 5.74) is 3.76. The Kier molecular flexibility index (Phi) is 5.23. The molecule has 1 aromatic heterocycles. The number of anilines is 3. The molecular formula is C18H26N6O. The van der Waals surface area contributed by atoms with E-state index in [0.29, 0.717) is 5.69 Å². The number of amides is 2. The SMILES string of the molecule is CCn1cc(NC(=O)Nc2ccc(N3CCN(C)CC3)cc2C)cn1. The minimum absolute atomic E-state index is 0.258. The van der Waals surface area contributed by atoms with E-state index in [1.165, 1.54) is 5.69 Å². The molecule has 2 aromatic rings. The first-order valence-corrected chi connectivity index (χ1v) is 8.69. The van der Waals surface area contributed by atoms with Gasteiger partial charge in [-0.3, -0.25) is 4.68 Å².